The second-order valence-electron chi connectivity index (χ2n) is 8.82. The van der Waals surface area contributed by atoms with E-state index >= 15 is 0 Å². The van der Waals surface area contributed by atoms with E-state index in [0.717, 1.165) is 12.5 Å². The minimum Gasteiger partial charge on any atom is -0.383 e. The molecule has 1 aromatic carbocycles. The Kier molecular flexibility index (Phi) is 7.55. The highest BCUT2D eigenvalue weighted by Crippen LogP contribution is 2.31. The second-order valence-corrected chi connectivity index (χ2v) is 8.82. The van der Waals surface area contributed by atoms with E-state index < -0.39 is 28.8 Å². The SMILES string of the molecule is CCCCN(C(=O)CN1CCCc2cc(F)cc(F)c21)c1c(N)n(CC(C)C)c(=O)[nH]c1=O. The molecule has 1 aromatic heterocycles. The number of unbranched alkanes of at least 4 members (excludes halogenated alkanes) is 1. The van der Waals surface area contributed by atoms with Crippen LogP contribution in [0, 0.1) is 17.6 Å². The van der Waals surface area contributed by atoms with E-state index in [1.807, 2.05) is 20.8 Å². The zero-order valence-electron chi connectivity index (χ0n) is 19.3. The van der Waals surface area contributed by atoms with E-state index in [0.29, 0.717) is 31.4 Å². The topological polar surface area (TPSA) is 104 Å². The fourth-order valence-electron chi connectivity index (χ4n) is 4.20. The van der Waals surface area contributed by atoms with E-state index in [9.17, 15) is 23.2 Å². The Morgan fingerprint density at radius 2 is 2.00 bits per heavy atom. The number of nitrogens with one attached hydrogen (secondary N) is 1. The monoisotopic (exact) mass is 463 g/mol. The van der Waals surface area contributed by atoms with Crippen molar-refractivity contribution in [2.75, 3.05) is 35.2 Å². The number of nitrogens with two attached hydrogens (primary N) is 1. The minimum absolute atomic E-state index is 0.0748. The van der Waals surface area contributed by atoms with Crippen LogP contribution in [0.4, 0.5) is 26.0 Å². The quantitative estimate of drug-likeness (QED) is 0.626. The molecule has 1 aliphatic rings. The predicted molar refractivity (Wildman–Crippen MR) is 125 cm³/mol. The van der Waals surface area contributed by atoms with Crippen molar-refractivity contribution in [2.45, 2.75) is 53.0 Å². The Morgan fingerprint density at radius 1 is 1.27 bits per heavy atom. The molecule has 2 heterocycles. The molecule has 0 saturated carbocycles. The van der Waals surface area contributed by atoms with Crippen molar-refractivity contribution in [1.82, 2.24) is 9.55 Å². The summed E-state index contributed by atoms with van der Waals surface area (Å²) in [4.78, 5) is 43.6. The molecule has 0 atom stereocenters. The lowest BCUT2D eigenvalue weighted by Gasteiger charge is -2.33. The summed E-state index contributed by atoms with van der Waals surface area (Å²) < 4.78 is 29.5. The average molecular weight is 464 g/mol. The van der Waals surface area contributed by atoms with E-state index in [1.165, 1.54) is 15.5 Å². The molecule has 1 aliphatic heterocycles. The maximum atomic E-state index is 14.6. The lowest BCUT2D eigenvalue weighted by atomic mass is 10.0. The molecular weight excluding hydrogens is 432 g/mol. The average Bonchev–Trinajstić information content (AvgIpc) is 2.72. The fraction of sp³-hybridized carbons (Fsp3) is 0.522. The van der Waals surface area contributed by atoms with Crippen molar-refractivity contribution >= 4 is 23.1 Å². The van der Waals surface area contributed by atoms with Crippen LogP contribution in [-0.4, -0.2) is 35.1 Å². The van der Waals surface area contributed by atoms with Crippen molar-refractivity contribution in [3.8, 4) is 0 Å². The number of benzene rings is 1. The number of fused-ring (bicyclic) bond motifs is 1. The number of aromatic nitrogens is 2. The van der Waals surface area contributed by atoms with Gasteiger partial charge >= 0.3 is 5.69 Å². The highest BCUT2D eigenvalue weighted by molar-refractivity contribution is 5.98. The third-order valence-corrected chi connectivity index (χ3v) is 5.69. The summed E-state index contributed by atoms with van der Waals surface area (Å²) in [5.41, 5.74) is 5.49. The van der Waals surface area contributed by atoms with Gasteiger partial charge in [0.1, 0.15) is 17.5 Å². The predicted octanol–water partition coefficient (Wildman–Crippen LogP) is 2.64. The normalized spacial score (nSPS) is 13.3. The summed E-state index contributed by atoms with van der Waals surface area (Å²) >= 11 is 0. The van der Waals surface area contributed by atoms with Gasteiger partial charge in [0.2, 0.25) is 5.91 Å². The minimum atomic E-state index is -0.741. The van der Waals surface area contributed by atoms with Crippen molar-refractivity contribution in [3.63, 3.8) is 0 Å². The summed E-state index contributed by atoms with van der Waals surface area (Å²) in [6, 6.07) is 2.09. The van der Waals surface area contributed by atoms with E-state index in [4.69, 9.17) is 5.73 Å². The number of carbonyl (C=O) groups is 1. The van der Waals surface area contributed by atoms with Crippen LogP contribution < -0.4 is 26.8 Å². The molecule has 3 N–H and O–H groups in total. The van der Waals surface area contributed by atoms with Crippen molar-refractivity contribution in [3.05, 3.63) is 50.2 Å². The number of hydrogen-bond acceptors (Lipinski definition) is 5. The van der Waals surface area contributed by atoms with Crippen LogP contribution in [0.3, 0.4) is 0 Å². The Bertz CT molecular complexity index is 1140. The van der Waals surface area contributed by atoms with Crippen LogP contribution in [0.1, 0.15) is 45.6 Å². The summed E-state index contributed by atoms with van der Waals surface area (Å²) in [7, 11) is 0. The number of H-pyrrole nitrogens is 1. The molecule has 0 bridgehead atoms. The molecule has 0 saturated heterocycles. The number of carbonyl (C=O) groups excluding carboxylic acids is 1. The van der Waals surface area contributed by atoms with E-state index in [2.05, 4.69) is 4.98 Å². The van der Waals surface area contributed by atoms with Gasteiger partial charge in [0, 0.05) is 25.7 Å². The molecule has 2 aromatic rings. The molecule has 33 heavy (non-hydrogen) atoms. The number of anilines is 3. The highest BCUT2D eigenvalue weighted by Gasteiger charge is 2.29. The van der Waals surface area contributed by atoms with Gasteiger partial charge in [-0.1, -0.05) is 27.2 Å². The van der Waals surface area contributed by atoms with Crippen LogP contribution >= 0.6 is 0 Å². The number of nitrogen functional groups attached to an aromatic ring is 1. The largest absolute Gasteiger partial charge is 0.383 e. The van der Waals surface area contributed by atoms with Gasteiger partial charge in [-0.3, -0.25) is 19.1 Å². The van der Waals surface area contributed by atoms with Crippen molar-refractivity contribution in [2.24, 2.45) is 5.92 Å². The van der Waals surface area contributed by atoms with E-state index in [-0.39, 0.29) is 42.7 Å². The molecule has 0 unspecified atom stereocenters. The maximum absolute atomic E-state index is 14.6. The molecule has 180 valence electrons. The summed E-state index contributed by atoms with van der Waals surface area (Å²) in [6.07, 6.45) is 2.51. The van der Waals surface area contributed by atoms with Crippen LogP contribution in [0.2, 0.25) is 0 Å². The zero-order chi connectivity index (χ0) is 24.3. The first-order valence-electron chi connectivity index (χ1n) is 11.3. The number of amides is 1. The molecule has 8 nitrogen and oxygen atoms in total. The van der Waals surface area contributed by atoms with Gasteiger partial charge in [0.05, 0.1) is 12.2 Å². The second kappa shape index (κ2) is 10.2. The van der Waals surface area contributed by atoms with Gasteiger partial charge in [0.25, 0.3) is 5.56 Å². The molecule has 0 fully saturated rings. The van der Waals surface area contributed by atoms with Crippen LogP contribution in [0.25, 0.3) is 0 Å². The highest BCUT2D eigenvalue weighted by atomic mass is 19.1. The number of hydrogen-bond donors (Lipinski definition) is 2. The van der Waals surface area contributed by atoms with Crippen LogP contribution in [0.15, 0.2) is 21.7 Å². The first-order chi connectivity index (χ1) is 15.6. The fourth-order valence-corrected chi connectivity index (χ4v) is 4.20. The molecular formula is C23H31F2N5O3. The number of aryl methyl sites for hydroxylation is 1. The Hall–Kier alpha value is -3.17. The van der Waals surface area contributed by atoms with Gasteiger partial charge in [0.15, 0.2) is 5.69 Å². The van der Waals surface area contributed by atoms with Gasteiger partial charge in [-0.15, -0.1) is 0 Å². The van der Waals surface area contributed by atoms with Gasteiger partial charge in [-0.05, 0) is 36.8 Å². The molecule has 3 rings (SSSR count). The Labute approximate surface area is 191 Å². The molecule has 10 heteroatoms. The molecule has 0 spiro atoms. The standard InChI is InChI=1S/C23H31F2N5O3/c1-4-5-9-29(20-21(26)30(12-14(2)3)23(33)27-22(20)32)18(31)13-28-8-6-7-15-10-16(24)11-17(25)19(15)28/h10-11,14H,4-9,12-13,26H2,1-3H3,(H,27,32,33). The Balaban J connectivity index is 2.00. The van der Waals surface area contributed by atoms with Gasteiger partial charge < -0.3 is 15.5 Å². The van der Waals surface area contributed by atoms with E-state index in [1.54, 1.807) is 4.90 Å². The zero-order valence-corrected chi connectivity index (χ0v) is 19.3. The third kappa shape index (κ3) is 5.26. The summed E-state index contributed by atoms with van der Waals surface area (Å²) in [5.74, 6) is -1.82. The van der Waals surface area contributed by atoms with Gasteiger partial charge in [-0.2, -0.15) is 0 Å². The van der Waals surface area contributed by atoms with Crippen LogP contribution in [0.5, 0.6) is 0 Å². The molecule has 1 amide bonds. The summed E-state index contributed by atoms with van der Waals surface area (Å²) in [5, 5.41) is 0. The first-order valence-corrected chi connectivity index (χ1v) is 11.3. The van der Waals surface area contributed by atoms with Crippen molar-refractivity contribution in [1.29, 1.82) is 0 Å². The number of rotatable bonds is 8. The smallest absolute Gasteiger partial charge is 0.330 e. The first kappa shape index (κ1) is 24.5. The summed E-state index contributed by atoms with van der Waals surface area (Å²) in [6.45, 7) is 6.46. The molecule has 0 radical (unpaired) electrons. The number of aromatic amines is 1. The van der Waals surface area contributed by atoms with Crippen molar-refractivity contribution < 1.29 is 13.6 Å². The number of nitrogens with zero attached hydrogens (tertiary/aromatic N) is 3. The molecule has 0 aliphatic carbocycles. The lowest BCUT2D eigenvalue weighted by molar-refractivity contribution is -0.117. The van der Waals surface area contributed by atoms with Crippen LogP contribution in [-0.2, 0) is 17.8 Å². The van der Waals surface area contributed by atoms with Gasteiger partial charge in [-0.25, -0.2) is 13.6 Å². The third-order valence-electron chi connectivity index (χ3n) is 5.69. The maximum Gasteiger partial charge on any atom is 0.330 e. The number of halogens is 2. The lowest BCUT2D eigenvalue weighted by Crippen LogP contribution is -2.47. The Morgan fingerprint density at radius 3 is 2.67 bits per heavy atom.